The van der Waals surface area contributed by atoms with Crippen molar-refractivity contribution in [2.45, 2.75) is 26.7 Å². The minimum atomic E-state index is 0. The number of hydrogen-bond donors (Lipinski definition) is 1. The molecule has 0 aromatic carbocycles. The molecule has 0 spiro atoms. The smallest absolute Gasteiger partial charge is 0.0569 e. The van der Waals surface area contributed by atoms with E-state index >= 15 is 0 Å². The van der Waals surface area contributed by atoms with Crippen molar-refractivity contribution in [2.75, 3.05) is 7.11 Å². The SMILES string of the molecule is CCCC.CON.Cl. The quantitative estimate of drug-likeness (QED) is 0.565. The summed E-state index contributed by atoms with van der Waals surface area (Å²) in [7, 11) is 1.40. The Morgan fingerprint density at radius 3 is 1.38 bits per heavy atom. The zero-order valence-corrected chi connectivity index (χ0v) is 6.62. The largest absolute Gasteiger partial charge is 0.308 e. The molecule has 0 aromatic rings. The summed E-state index contributed by atoms with van der Waals surface area (Å²) in [6.07, 6.45) is 2.64. The summed E-state index contributed by atoms with van der Waals surface area (Å²) in [5, 5.41) is 0. The molecule has 0 saturated carbocycles. The molecule has 3 heteroatoms. The van der Waals surface area contributed by atoms with E-state index in [1.165, 1.54) is 20.0 Å². The van der Waals surface area contributed by atoms with Crippen molar-refractivity contribution in [1.29, 1.82) is 0 Å². The second kappa shape index (κ2) is 27.0. The van der Waals surface area contributed by atoms with Crippen molar-refractivity contribution in [1.82, 2.24) is 0 Å². The van der Waals surface area contributed by atoms with Gasteiger partial charge in [-0.2, -0.15) is 0 Å². The maximum atomic E-state index is 4.35. The Hall–Kier alpha value is 0.210. The minimum absolute atomic E-state index is 0. The summed E-state index contributed by atoms with van der Waals surface area (Å²) in [5.74, 6) is 4.35. The van der Waals surface area contributed by atoms with Crippen molar-refractivity contribution in [3.8, 4) is 0 Å². The summed E-state index contributed by atoms with van der Waals surface area (Å²) in [5.41, 5.74) is 0. The van der Waals surface area contributed by atoms with Crippen molar-refractivity contribution >= 4 is 12.4 Å². The average molecular weight is 142 g/mol. The second-order valence-electron chi connectivity index (χ2n) is 1.24. The molecule has 0 atom stereocenters. The molecule has 0 saturated heterocycles. The fraction of sp³-hybridized carbons (Fsp3) is 1.00. The highest BCUT2D eigenvalue weighted by Gasteiger charge is 1.56. The topological polar surface area (TPSA) is 35.2 Å². The molecule has 0 amide bonds. The molecule has 0 aliphatic rings. The first-order valence-electron chi connectivity index (χ1n) is 2.56. The third-order valence-corrected chi connectivity index (χ3v) is 0.500. The lowest BCUT2D eigenvalue weighted by Crippen LogP contribution is -1.86. The molecule has 0 rings (SSSR count). The van der Waals surface area contributed by atoms with Gasteiger partial charge in [0, 0.05) is 0 Å². The molecule has 0 aromatic heterocycles. The van der Waals surface area contributed by atoms with Crippen LogP contribution in [0.25, 0.3) is 0 Å². The molecule has 8 heavy (non-hydrogen) atoms. The first-order valence-corrected chi connectivity index (χ1v) is 2.56. The van der Waals surface area contributed by atoms with Gasteiger partial charge < -0.3 is 4.84 Å². The molecule has 2 nitrogen and oxygen atoms in total. The van der Waals surface area contributed by atoms with E-state index in [4.69, 9.17) is 0 Å². The van der Waals surface area contributed by atoms with Crippen LogP contribution in [0.2, 0.25) is 0 Å². The highest BCUT2D eigenvalue weighted by molar-refractivity contribution is 5.85. The van der Waals surface area contributed by atoms with E-state index in [9.17, 15) is 0 Å². The Labute approximate surface area is 57.8 Å². The van der Waals surface area contributed by atoms with Gasteiger partial charge in [0.1, 0.15) is 0 Å². The van der Waals surface area contributed by atoms with Crippen LogP contribution in [0.5, 0.6) is 0 Å². The van der Waals surface area contributed by atoms with Crippen molar-refractivity contribution in [2.24, 2.45) is 5.90 Å². The lowest BCUT2D eigenvalue weighted by Gasteiger charge is -1.68. The van der Waals surface area contributed by atoms with Crippen LogP contribution < -0.4 is 5.90 Å². The Kier molecular flexibility index (Phi) is 53.0. The molecule has 0 aliphatic heterocycles. The van der Waals surface area contributed by atoms with Gasteiger partial charge in [-0.05, 0) is 0 Å². The highest BCUT2D eigenvalue weighted by atomic mass is 35.5. The molecule has 2 N–H and O–H groups in total. The maximum Gasteiger partial charge on any atom is 0.0569 e. The molecule has 0 aliphatic carbocycles. The number of hydrogen-bond acceptors (Lipinski definition) is 2. The van der Waals surface area contributed by atoms with Crippen LogP contribution in [-0.2, 0) is 4.84 Å². The number of unbranched alkanes of at least 4 members (excludes halogenated alkanes) is 1. The lowest BCUT2D eigenvalue weighted by atomic mass is 10.4. The third-order valence-electron chi connectivity index (χ3n) is 0.500. The number of halogens is 1. The van der Waals surface area contributed by atoms with E-state index in [1.807, 2.05) is 0 Å². The number of nitrogens with two attached hydrogens (primary N) is 1. The highest BCUT2D eigenvalue weighted by Crippen LogP contribution is 1.76. The average Bonchev–Trinajstić information content (AvgIpc) is 1.69. The number of rotatable bonds is 1. The Morgan fingerprint density at radius 2 is 1.38 bits per heavy atom. The van der Waals surface area contributed by atoms with Gasteiger partial charge in [-0.3, -0.25) is 0 Å². The second-order valence-corrected chi connectivity index (χ2v) is 1.24. The maximum absolute atomic E-state index is 4.35. The van der Waals surface area contributed by atoms with Crippen molar-refractivity contribution < 1.29 is 4.84 Å². The van der Waals surface area contributed by atoms with Crippen LogP contribution in [0.1, 0.15) is 26.7 Å². The molecule has 0 fully saturated rings. The molecule has 0 heterocycles. The van der Waals surface area contributed by atoms with Gasteiger partial charge >= 0.3 is 0 Å². The van der Waals surface area contributed by atoms with Gasteiger partial charge in [0.25, 0.3) is 0 Å². The van der Waals surface area contributed by atoms with E-state index in [1.54, 1.807) is 0 Å². The van der Waals surface area contributed by atoms with Crippen LogP contribution in [0.3, 0.4) is 0 Å². The normalized spacial score (nSPS) is 6.00. The van der Waals surface area contributed by atoms with Gasteiger partial charge in [0.05, 0.1) is 7.11 Å². The molecule has 0 unspecified atom stereocenters. The van der Waals surface area contributed by atoms with E-state index in [0.717, 1.165) is 0 Å². The van der Waals surface area contributed by atoms with Gasteiger partial charge in [-0.25, -0.2) is 5.90 Å². The van der Waals surface area contributed by atoms with Gasteiger partial charge in [-0.1, -0.05) is 26.7 Å². The summed E-state index contributed by atoms with van der Waals surface area (Å²) in [6.45, 7) is 4.36. The first-order chi connectivity index (χ1) is 3.33. The zero-order valence-electron chi connectivity index (χ0n) is 5.81. The Balaban J connectivity index is -0.0000000575. The minimum Gasteiger partial charge on any atom is -0.308 e. The fourth-order valence-corrected chi connectivity index (χ4v) is 0. The summed E-state index contributed by atoms with van der Waals surface area (Å²) >= 11 is 0. The monoisotopic (exact) mass is 141 g/mol. The fourth-order valence-electron chi connectivity index (χ4n) is 0. The molecule has 54 valence electrons. The van der Waals surface area contributed by atoms with E-state index < -0.39 is 0 Å². The summed E-state index contributed by atoms with van der Waals surface area (Å²) in [6, 6.07) is 0. The van der Waals surface area contributed by atoms with Crippen molar-refractivity contribution in [3.63, 3.8) is 0 Å². The van der Waals surface area contributed by atoms with Gasteiger partial charge in [-0.15, -0.1) is 12.4 Å². The molecule has 0 bridgehead atoms. The van der Waals surface area contributed by atoms with E-state index in [2.05, 4.69) is 24.6 Å². The van der Waals surface area contributed by atoms with Crippen LogP contribution >= 0.6 is 12.4 Å². The van der Waals surface area contributed by atoms with Gasteiger partial charge in [0.15, 0.2) is 0 Å². The molecular weight excluding hydrogens is 126 g/mol. The predicted molar refractivity (Wildman–Crippen MR) is 39.0 cm³/mol. The van der Waals surface area contributed by atoms with Crippen LogP contribution in [0, 0.1) is 0 Å². The van der Waals surface area contributed by atoms with Crippen LogP contribution in [0.15, 0.2) is 0 Å². The Morgan fingerprint density at radius 1 is 1.25 bits per heavy atom. The first kappa shape index (κ1) is 15.7. The molecular formula is C5H16ClNO. The molecule has 0 radical (unpaired) electrons. The van der Waals surface area contributed by atoms with Crippen LogP contribution in [-0.4, -0.2) is 7.11 Å². The Bertz CT molecular complexity index is 19.9. The van der Waals surface area contributed by atoms with E-state index in [0.29, 0.717) is 0 Å². The zero-order chi connectivity index (χ0) is 6.12. The van der Waals surface area contributed by atoms with Crippen LogP contribution in [0.4, 0.5) is 0 Å². The lowest BCUT2D eigenvalue weighted by molar-refractivity contribution is 0.206. The summed E-state index contributed by atoms with van der Waals surface area (Å²) in [4.78, 5) is 3.75. The standard InChI is InChI=1S/C4H10.CH5NO.ClH/c1-3-4-2;1-3-2;/h3-4H2,1-2H3;2H2,1H3;1H. The van der Waals surface area contributed by atoms with Crippen molar-refractivity contribution in [3.05, 3.63) is 0 Å². The van der Waals surface area contributed by atoms with Gasteiger partial charge in [0.2, 0.25) is 0 Å². The summed E-state index contributed by atoms with van der Waals surface area (Å²) < 4.78 is 0. The van der Waals surface area contributed by atoms with E-state index in [-0.39, 0.29) is 12.4 Å². The predicted octanol–water partition coefficient (Wildman–Crippen LogP) is 1.73. The third kappa shape index (κ3) is 115.